The van der Waals surface area contributed by atoms with Crippen LogP contribution in [0.2, 0.25) is 0 Å². The second-order valence-corrected chi connectivity index (χ2v) is 8.65. The number of nitrogen functional groups attached to an aromatic ring is 1. The first-order valence-corrected chi connectivity index (χ1v) is 11.4. The number of rotatable bonds is 6. The number of amides is 1. The Bertz CT molecular complexity index is 1220. The molecule has 0 saturated carbocycles. The van der Waals surface area contributed by atoms with Gasteiger partial charge in [-0.3, -0.25) is 4.79 Å². The highest BCUT2D eigenvalue weighted by Gasteiger charge is 2.36. The van der Waals surface area contributed by atoms with Gasteiger partial charge in [-0.05, 0) is 42.4 Å². The van der Waals surface area contributed by atoms with E-state index in [2.05, 4.69) is 9.88 Å². The number of likely N-dealkylation sites (N-methyl/N-ethyl adjacent to an activating group) is 1. The lowest BCUT2D eigenvalue weighted by atomic mass is 10.0. The molecule has 0 unspecified atom stereocenters. The predicted octanol–water partition coefficient (Wildman–Crippen LogP) is 4.50. The molecule has 0 radical (unpaired) electrons. The lowest BCUT2D eigenvalue weighted by Crippen LogP contribution is -2.47. The van der Waals surface area contributed by atoms with Crippen LogP contribution in [0.15, 0.2) is 54.7 Å². The van der Waals surface area contributed by atoms with Crippen molar-refractivity contribution in [1.29, 1.82) is 0 Å². The van der Waals surface area contributed by atoms with Crippen LogP contribution in [0.25, 0.3) is 11.1 Å². The van der Waals surface area contributed by atoms with Crippen molar-refractivity contribution in [1.82, 2.24) is 14.8 Å². The Morgan fingerprint density at radius 3 is 2.42 bits per heavy atom. The smallest absolute Gasteiger partial charge is 0.419 e. The summed E-state index contributed by atoms with van der Waals surface area (Å²) in [7, 11) is 2.02. The van der Waals surface area contributed by atoms with Crippen LogP contribution in [-0.2, 0) is 12.6 Å². The third-order valence-corrected chi connectivity index (χ3v) is 6.15. The number of nitrogens with zero attached hydrogens (tertiary/aromatic N) is 3. The van der Waals surface area contributed by atoms with E-state index in [1.54, 1.807) is 36.5 Å². The minimum absolute atomic E-state index is 0.0234. The number of pyridine rings is 1. The average molecular weight is 503 g/mol. The number of halogens is 4. The summed E-state index contributed by atoms with van der Waals surface area (Å²) in [5.74, 6) is -1.06. The van der Waals surface area contributed by atoms with Crippen LogP contribution in [0, 0.1) is 5.82 Å². The predicted molar refractivity (Wildman–Crippen MR) is 128 cm³/mol. The van der Waals surface area contributed by atoms with Gasteiger partial charge in [0.25, 0.3) is 5.91 Å². The third-order valence-electron chi connectivity index (χ3n) is 6.15. The number of carbonyl (C=O) groups is 1. The molecule has 6 nitrogen and oxygen atoms in total. The summed E-state index contributed by atoms with van der Waals surface area (Å²) >= 11 is 0. The maximum Gasteiger partial charge on any atom is 0.419 e. The van der Waals surface area contributed by atoms with Crippen molar-refractivity contribution in [3.05, 3.63) is 77.2 Å². The number of nitrogens with two attached hydrogens (primary N) is 1. The number of hydrogen-bond donors (Lipinski definition) is 1. The third kappa shape index (κ3) is 5.76. The number of anilines is 1. The fraction of sp³-hybridized carbons (Fsp3) is 0.308. The van der Waals surface area contributed by atoms with Crippen LogP contribution in [0.4, 0.5) is 23.4 Å². The molecule has 1 saturated heterocycles. The summed E-state index contributed by atoms with van der Waals surface area (Å²) in [6.45, 7) is 2.88. The van der Waals surface area contributed by atoms with E-state index in [4.69, 9.17) is 10.5 Å². The second-order valence-electron chi connectivity index (χ2n) is 8.65. The average Bonchev–Trinajstić information content (AvgIpc) is 2.84. The number of ether oxygens (including phenoxy) is 1. The SMILES string of the molecule is CN1CCN(C(=O)c2ccc(-c3cnc(N)c(OCCc4cccc(F)c4C(F)(F)F)c3)cc2)CC1. The summed E-state index contributed by atoms with van der Waals surface area (Å²) in [4.78, 5) is 20.9. The van der Waals surface area contributed by atoms with E-state index < -0.39 is 17.6 Å². The Morgan fingerprint density at radius 2 is 1.75 bits per heavy atom. The fourth-order valence-electron chi connectivity index (χ4n) is 4.09. The van der Waals surface area contributed by atoms with Crippen LogP contribution in [0.3, 0.4) is 0 Å². The van der Waals surface area contributed by atoms with Gasteiger partial charge in [0, 0.05) is 49.9 Å². The topological polar surface area (TPSA) is 71.7 Å². The number of piperazine rings is 1. The molecule has 2 heterocycles. The van der Waals surface area contributed by atoms with Crippen molar-refractivity contribution < 1.29 is 27.1 Å². The van der Waals surface area contributed by atoms with Gasteiger partial charge in [0.15, 0.2) is 11.6 Å². The van der Waals surface area contributed by atoms with Crippen molar-refractivity contribution in [3.63, 3.8) is 0 Å². The van der Waals surface area contributed by atoms with Crippen molar-refractivity contribution in [2.75, 3.05) is 45.6 Å². The van der Waals surface area contributed by atoms with Crippen molar-refractivity contribution in [2.45, 2.75) is 12.6 Å². The molecule has 2 aromatic carbocycles. The number of hydrogen-bond acceptors (Lipinski definition) is 5. The largest absolute Gasteiger partial charge is 0.489 e. The van der Waals surface area contributed by atoms with Crippen molar-refractivity contribution in [2.24, 2.45) is 0 Å². The monoisotopic (exact) mass is 502 g/mol. The van der Waals surface area contributed by atoms with E-state index in [0.717, 1.165) is 24.7 Å². The van der Waals surface area contributed by atoms with E-state index in [1.165, 1.54) is 12.1 Å². The highest BCUT2D eigenvalue weighted by molar-refractivity contribution is 5.94. The quantitative estimate of drug-likeness (QED) is 0.503. The molecule has 10 heteroatoms. The number of carbonyl (C=O) groups excluding carboxylic acids is 1. The summed E-state index contributed by atoms with van der Waals surface area (Å²) in [5.41, 5.74) is 6.42. The molecule has 1 aliphatic rings. The minimum atomic E-state index is -4.81. The van der Waals surface area contributed by atoms with Gasteiger partial charge in [-0.2, -0.15) is 13.2 Å². The molecule has 190 valence electrons. The van der Waals surface area contributed by atoms with Crippen LogP contribution < -0.4 is 10.5 Å². The number of benzene rings is 2. The molecule has 0 aliphatic carbocycles. The van der Waals surface area contributed by atoms with Crippen LogP contribution >= 0.6 is 0 Å². The van der Waals surface area contributed by atoms with E-state index >= 15 is 0 Å². The molecule has 4 rings (SSSR count). The first kappa shape index (κ1) is 25.4. The molecular formula is C26H26F4N4O2. The van der Waals surface area contributed by atoms with Crippen LogP contribution in [0.1, 0.15) is 21.5 Å². The van der Waals surface area contributed by atoms with Gasteiger partial charge in [0.1, 0.15) is 5.82 Å². The lowest BCUT2D eigenvalue weighted by Gasteiger charge is -2.32. The van der Waals surface area contributed by atoms with Gasteiger partial charge < -0.3 is 20.3 Å². The molecule has 0 bridgehead atoms. The molecule has 1 aliphatic heterocycles. The molecular weight excluding hydrogens is 476 g/mol. The summed E-state index contributed by atoms with van der Waals surface area (Å²) in [5, 5.41) is 0. The van der Waals surface area contributed by atoms with Crippen LogP contribution in [-0.4, -0.2) is 60.5 Å². The van der Waals surface area contributed by atoms with Crippen molar-refractivity contribution >= 4 is 11.7 Å². The Kier molecular flexibility index (Phi) is 7.44. The highest BCUT2D eigenvalue weighted by atomic mass is 19.4. The van der Waals surface area contributed by atoms with E-state index in [0.29, 0.717) is 24.2 Å². The molecule has 2 N–H and O–H groups in total. The van der Waals surface area contributed by atoms with E-state index in [9.17, 15) is 22.4 Å². The molecule has 1 fully saturated rings. The summed E-state index contributed by atoms with van der Waals surface area (Å²) < 4.78 is 59.1. The second kappa shape index (κ2) is 10.5. The van der Waals surface area contributed by atoms with Crippen molar-refractivity contribution in [3.8, 4) is 16.9 Å². The van der Waals surface area contributed by atoms with Gasteiger partial charge in [0.2, 0.25) is 0 Å². The Hall–Kier alpha value is -3.66. The lowest BCUT2D eigenvalue weighted by molar-refractivity contribution is -0.140. The highest BCUT2D eigenvalue weighted by Crippen LogP contribution is 2.34. The van der Waals surface area contributed by atoms with Gasteiger partial charge in [-0.25, -0.2) is 9.37 Å². The molecule has 0 atom stereocenters. The first-order valence-electron chi connectivity index (χ1n) is 11.4. The van der Waals surface area contributed by atoms with Gasteiger partial charge >= 0.3 is 6.18 Å². The number of alkyl halides is 3. The maximum absolute atomic E-state index is 13.8. The normalized spacial score (nSPS) is 14.6. The maximum atomic E-state index is 13.8. The van der Waals surface area contributed by atoms with E-state index in [-0.39, 0.29) is 36.1 Å². The van der Waals surface area contributed by atoms with Gasteiger partial charge in [0.05, 0.1) is 12.2 Å². The molecule has 0 spiro atoms. The van der Waals surface area contributed by atoms with E-state index in [1.807, 2.05) is 11.9 Å². The minimum Gasteiger partial charge on any atom is -0.489 e. The zero-order chi connectivity index (χ0) is 25.9. The Labute approximate surface area is 206 Å². The Morgan fingerprint density at radius 1 is 1.06 bits per heavy atom. The molecule has 3 aromatic rings. The van der Waals surface area contributed by atoms with Crippen LogP contribution in [0.5, 0.6) is 5.75 Å². The zero-order valence-electron chi connectivity index (χ0n) is 19.7. The molecule has 1 amide bonds. The number of aromatic nitrogens is 1. The zero-order valence-corrected chi connectivity index (χ0v) is 19.7. The van der Waals surface area contributed by atoms with Gasteiger partial charge in [-0.15, -0.1) is 0 Å². The summed E-state index contributed by atoms with van der Waals surface area (Å²) in [6.07, 6.45) is -3.42. The molecule has 1 aromatic heterocycles. The molecule has 36 heavy (non-hydrogen) atoms. The Balaban J connectivity index is 1.44. The fourth-order valence-corrected chi connectivity index (χ4v) is 4.09. The van der Waals surface area contributed by atoms with Gasteiger partial charge in [-0.1, -0.05) is 24.3 Å². The standard InChI is InChI=1S/C26H26F4N4O2/c1-33-10-12-34(13-11-33)25(35)19-7-5-17(6-8-19)20-15-22(24(31)32-16-20)36-14-9-18-3-2-4-21(27)23(18)26(28,29)30/h2-8,15-16H,9-14H2,1H3,(H2,31,32). The summed E-state index contributed by atoms with van der Waals surface area (Å²) in [6, 6.07) is 11.9. The first-order chi connectivity index (χ1) is 17.1.